The van der Waals surface area contributed by atoms with Gasteiger partial charge in [0.2, 0.25) is 0 Å². The van der Waals surface area contributed by atoms with Crippen LogP contribution in [0.3, 0.4) is 0 Å². The van der Waals surface area contributed by atoms with Gasteiger partial charge in [-0.3, -0.25) is 0 Å². The summed E-state index contributed by atoms with van der Waals surface area (Å²) in [4.78, 5) is 0. The molecule has 2 unspecified atom stereocenters. The highest BCUT2D eigenvalue weighted by molar-refractivity contribution is 5.67. The van der Waals surface area contributed by atoms with E-state index in [9.17, 15) is 13.2 Å². The standard InChI is InChI=1S/C29H29F3O/c1-3-19-4-9-22(10-5-19)26-16-14-23(28(31)29(26)32)13-8-20-6-11-21(12-7-20)25-17-15-24(33-2)18-27(25)30/h3,6-7,9,11,14-19,21H,1,4-5,8,10,12-13H2,2H3. The lowest BCUT2D eigenvalue weighted by molar-refractivity contribution is 0.410. The maximum absolute atomic E-state index is 14.8. The van der Waals surface area contributed by atoms with Gasteiger partial charge < -0.3 is 4.74 Å². The van der Waals surface area contributed by atoms with E-state index in [2.05, 4.69) is 12.7 Å². The van der Waals surface area contributed by atoms with E-state index in [0.29, 0.717) is 47.6 Å². The molecule has 2 aliphatic carbocycles. The van der Waals surface area contributed by atoms with Crippen molar-refractivity contribution >= 4 is 5.57 Å². The number of aryl methyl sites for hydroxylation is 1. The van der Waals surface area contributed by atoms with Crippen LogP contribution in [0.1, 0.15) is 54.7 Å². The van der Waals surface area contributed by atoms with Gasteiger partial charge in [-0.2, -0.15) is 0 Å². The number of halogens is 3. The van der Waals surface area contributed by atoms with E-state index in [0.717, 1.165) is 30.4 Å². The van der Waals surface area contributed by atoms with Gasteiger partial charge in [-0.25, -0.2) is 13.2 Å². The molecule has 0 saturated heterocycles. The average molecular weight is 451 g/mol. The Hall–Kier alpha value is -3.01. The minimum atomic E-state index is -0.752. The summed E-state index contributed by atoms with van der Waals surface area (Å²) in [5.74, 6) is -0.923. The highest BCUT2D eigenvalue weighted by Gasteiger charge is 2.20. The Bertz CT molecular complexity index is 1130. The van der Waals surface area contributed by atoms with E-state index in [1.807, 2.05) is 24.3 Å². The second kappa shape index (κ2) is 10.3. The fraction of sp³-hybridized carbons (Fsp3) is 0.310. The van der Waals surface area contributed by atoms with Crippen molar-refractivity contribution in [2.45, 2.75) is 44.4 Å². The lowest BCUT2D eigenvalue weighted by Crippen LogP contribution is -2.06. The number of rotatable bonds is 7. The first-order chi connectivity index (χ1) is 16.0. The van der Waals surface area contributed by atoms with E-state index in [-0.39, 0.29) is 11.7 Å². The highest BCUT2D eigenvalue weighted by atomic mass is 19.2. The van der Waals surface area contributed by atoms with Crippen LogP contribution in [0.15, 0.2) is 72.9 Å². The predicted octanol–water partition coefficient (Wildman–Crippen LogP) is 8.08. The minimum Gasteiger partial charge on any atom is -0.497 e. The van der Waals surface area contributed by atoms with Crippen molar-refractivity contribution in [3.63, 3.8) is 0 Å². The first kappa shape index (κ1) is 23.2. The summed E-state index contributed by atoms with van der Waals surface area (Å²) < 4.78 is 49.0. The summed E-state index contributed by atoms with van der Waals surface area (Å²) in [5, 5.41) is 0. The fourth-order valence-electron chi connectivity index (χ4n) is 4.64. The van der Waals surface area contributed by atoms with Gasteiger partial charge >= 0.3 is 0 Å². The summed E-state index contributed by atoms with van der Waals surface area (Å²) in [6.45, 7) is 3.82. The molecule has 0 saturated carbocycles. The van der Waals surface area contributed by atoms with Gasteiger partial charge in [0.25, 0.3) is 0 Å². The predicted molar refractivity (Wildman–Crippen MR) is 128 cm³/mol. The second-order valence-electron chi connectivity index (χ2n) is 8.77. The molecule has 0 aromatic heterocycles. The second-order valence-corrected chi connectivity index (χ2v) is 8.77. The topological polar surface area (TPSA) is 9.23 Å². The molecule has 172 valence electrons. The Morgan fingerprint density at radius 3 is 2.52 bits per heavy atom. The molecule has 0 amide bonds. The van der Waals surface area contributed by atoms with Gasteiger partial charge in [0, 0.05) is 17.5 Å². The molecule has 0 aliphatic heterocycles. The van der Waals surface area contributed by atoms with Crippen molar-refractivity contribution in [1.29, 1.82) is 0 Å². The van der Waals surface area contributed by atoms with Crippen molar-refractivity contribution in [2.24, 2.45) is 5.92 Å². The third kappa shape index (κ3) is 5.16. The van der Waals surface area contributed by atoms with Crippen LogP contribution in [0.25, 0.3) is 5.57 Å². The summed E-state index contributed by atoms with van der Waals surface area (Å²) in [7, 11) is 1.51. The van der Waals surface area contributed by atoms with E-state index >= 15 is 0 Å². The molecule has 2 aromatic rings. The quantitative estimate of drug-likeness (QED) is 0.387. The van der Waals surface area contributed by atoms with Gasteiger partial charge in [0.05, 0.1) is 7.11 Å². The fourth-order valence-corrected chi connectivity index (χ4v) is 4.64. The van der Waals surface area contributed by atoms with Crippen LogP contribution in [0.4, 0.5) is 13.2 Å². The molecule has 33 heavy (non-hydrogen) atoms. The number of methoxy groups -OCH3 is 1. The van der Waals surface area contributed by atoms with Crippen LogP contribution < -0.4 is 4.74 Å². The SMILES string of the molecule is C=CC1CC=C(c2ccc(CCC3=CCC(c4ccc(OC)cc4F)C=C3)c(F)c2F)CC1. The summed E-state index contributed by atoms with van der Waals surface area (Å²) >= 11 is 0. The number of hydrogen-bond donors (Lipinski definition) is 0. The lowest BCUT2D eigenvalue weighted by atomic mass is 9.86. The number of allylic oxidation sites excluding steroid dienone is 7. The molecule has 0 spiro atoms. The van der Waals surface area contributed by atoms with Gasteiger partial charge in [-0.1, -0.05) is 54.2 Å². The Morgan fingerprint density at radius 1 is 1.03 bits per heavy atom. The van der Waals surface area contributed by atoms with Crippen molar-refractivity contribution in [3.05, 3.63) is 107 Å². The molecule has 4 heteroatoms. The van der Waals surface area contributed by atoms with Gasteiger partial charge in [0.1, 0.15) is 11.6 Å². The number of hydrogen-bond acceptors (Lipinski definition) is 1. The molecule has 0 N–H and O–H groups in total. The van der Waals surface area contributed by atoms with Crippen molar-refractivity contribution < 1.29 is 17.9 Å². The van der Waals surface area contributed by atoms with Crippen molar-refractivity contribution in [3.8, 4) is 5.75 Å². The van der Waals surface area contributed by atoms with Crippen LogP contribution in [0.5, 0.6) is 5.75 Å². The zero-order valence-corrected chi connectivity index (χ0v) is 18.9. The molecule has 0 radical (unpaired) electrons. The molecule has 2 atom stereocenters. The van der Waals surface area contributed by atoms with E-state index in [4.69, 9.17) is 4.74 Å². The Kier molecular flexibility index (Phi) is 7.22. The maximum atomic E-state index is 14.8. The Morgan fingerprint density at radius 2 is 1.88 bits per heavy atom. The molecular formula is C29H29F3O. The van der Waals surface area contributed by atoms with E-state index in [1.165, 1.54) is 13.2 Å². The van der Waals surface area contributed by atoms with Crippen molar-refractivity contribution in [1.82, 2.24) is 0 Å². The molecule has 1 nitrogen and oxygen atoms in total. The normalized spacial score (nSPS) is 20.2. The van der Waals surface area contributed by atoms with E-state index < -0.39 is 11.6 Å². The highest BCUT2D eigenvalue weighted by Crippen LogP contribution is 2.34. The van der Waals surface area contributed by atoms with Crippen LogP contribution in [0.2, 0.25) is 0 Å². The van der Waals surface area contributed by atoms with Gasteiger partial charge in [-0.05, 0) is 67.2 Å². The van der Waals surface area contributed by atoms with Crippen LogP contribution >= 0.6 is 0 Å². The van der Waals surface area contributed by atoms with Crippen LogP contribution in [-0.4, -0.2) is 7.11 Å². The third-order valence-corrected chi connectivity index (χ3v) is 6.76. The molecule has 0 fully saturated rings. The zero-order chi connectivity index (χ0) is 23.4. The lowest BCUT2D eigenvalue weighted by Gasteiger charge is -2.20. The number of ether oxygens (including phenoxy) is 1. The van der Waals surface area contributed by atoms with Gasteiger partial charge in [0.15, 0.2) is 11.6 Å². The minimum absolute atomic E-state index is 0.0439. The summed E-state index contributed by atoms with van der Waals surface area (Å²) in [5.41, 5.74) is 3.32. The maximum Gasteiger partial charge on any atom is 0.166 e. The largest absolute Gasteiger partial charge is 0.497 e. The van der Waals surface area contributed by atoms with Crippen LogP contribution in [0, 0.1) is 23.4 Å². The first-order valence-electron chi connectivity index (χ1n) is 11.5. The first-order valence-corrected chi connectivity index (χ1v) is 11.5. The molecule has 4 rings (SSSR count). The smallest absolute Gasteiger partial charge is 0.166 e. The summed E-state index contributed by atoms with van der Waals surface area (Å²) in [6, 6.07) is 8.32. The monoisotopic (exact) mass is 450 g/mol. The van der Waals surface area contributed by atoms with E-state index in [1.54, 1.807) is 24.3 Å². The molecule has 0 bridgehead atoms. The number of benzene rings is 2. The van der Waals surface area contributed by atoms with Crippen molar-refractivity contribution in [2.75, 3.05) is 7.11 Å². The molecular weight excluding hydrogens is 421 g/mol. The molecule has 2 aliphatic rings. The average Bonchev–Trinajstić information content (AvgIpc) is 2.85. The zero-order valence-electron chi connectivity index (χ0n) is 18.9. The molecule has 0 heterocycles. The van der Waals surface area contributed by atoms with Gasteiger partial charge in [-0.15, -0.1) is 6.58 Å². The third-order valence-electron chi connectivity index (χ3n) is 6.76. The Labute approximate surface area is 194 Å². The Balaban J connectivity index is 1.39. The molecule has 2 aromatic carbocycles. The van der Waals surface area contributed by atoms with Crippen LogP contribution in [-0.2, 0) is 6.42 Å². The summed E-state index contributed by atoms with van der Waals surface area (Å²) in [6.07, 6.45) is 14.1.